The SMILES string of the molecule is CC(=O)Nc1cc(Cl)c(F)cc1Br. The van der Waals surface area contributed by atoms with Gasteiger partial charge in [0.2, 0.25) is 5.91 Å². The summed E-state index contributed by atoms with van der Waals surface area (Å²) in [5.74, 6) is -0.758. The Morgan fingerprint density at radius 1 is 1.62 bits per heavy atom. The predicted molar refractivity (Wildman–Crippen MR) is 53.4 cm³/mol. The maximum Gasteiger partial charge on any atom is 0.221 e. The zero-order valence-corrected chi connectivity index (χ0v) is 9.04. The van der Waals surface area contributed by atoms with Gasteiger partial charge >= 0.3 is 0 Å². The second-order valence-corrected chi connectivity index (χ2v) is 3.69. The lowest BCUT2D eigenvalue weighted by molar-refractivity contribution is -0.114. The van der Waals surface area contributed by atoms with Gasteiger partial charge in [0.1, 0.15) is 5.82 Å². The first kappa shape index (κ1) is 10.5. The van der Waals surface area contributed by atoms with Crippen LogP contribution in [0.2, 0.25) is 5.02 Å². The summed E-state index contributed by atoms with van der Waals surface area (Å²) in [4.78, 5) is 10.7. The molecule has 0 aliphatic rings. The van der Waals surface area contributed by atoms with E-state index in [0.717, 1.165) is 0 Å². The lowest BCUT2D eigenvalue weighted by atomic mass is 10.3. The number of carbonyl (C=O) groups is 1. The highest BCUT2D eigenvalue weighted by atomic mass is 79.9. The van der Waals surface area contributed by atoms with Gasteiger partial charge in [-0.2, -0.15) is 0 Å². The van der Waals surface area contributed by atoms with Crippen molar-refractivity contribution in [2.75, 3.05) is 5.32 Å². The fraction of sp³-hybridized carbons (Fsp3) is 0.125. The molecule has 0 bridgehead atoms. The summed E-state index contributed by atoms with van der Waals surface area (Å²) in [6, 6.07) is 2.55. The molecule has 2 nitrogen and oxygen atoms in total. The molecule has 1 aromatic rings. The molecule has 5 heteroatoms. The number of halogens is 3. The van der Waals surface area contributed by atoms with Crippen molar-refractivity contribution in [1.29, 1.82) is 0 Å². The van der Waals surface area contributed by atoms with Gasteiger partial charge in [-0.05, 0) is 28.1 Å². The zero-order chi connectivity index (χ0) is 10.0. The van der Waals surface area contributed by atoms with Crippen LogP contribution in [-0.2, 0) is 4.79 Å². The molecule has 0 fully saturated rings. The Bertz CT molecular complexity index is 356. The number of anilines is 1. The standard InChI is InChI=1S/C8H6BrClFNO/c1-4(13)12-8-3-6(10)7(11)2-5(8)9/h2-3H,1H3,(H,12,13). The number of hydrogen-bond acceptors (Lipinski definition) is 1. The van der Waals surface area contributed by atoms with Gasteiger partial charge in [0.15, 0.2) is 0 Å². The van der Waals surface area contributed by atoms with E-state index in [1.54, 1.807) is 0 Å². The van der Waals surface area contributed by atoms with Gasteiger partial charge in [0, 0.05) is 11.4 Å². The first-order valence-corrected chi connectivity index (χ1v) is 4.60. The van der Waals surface area contributed by atoms with E-state index >= 15 is 0 Å². The molecule has 1 N–H and O–H groups in total. The van der Waals surface area contributed by atoms with Gasteiger partial charge in [0.05, 0.1) is 10.7 Å². The second kappa shape index (κ2) is 4.07. The summed E-state index contributed by atoms with van der Waals surface area (Å²) >= 11 is 8.62. The Morgan fingerprint density at radius 2 is 2.23 bits per heavy atom. The van der Waals surface area contributed by atoms with Crippen molar-refractivity contribution in [2.24, 2.45) is 0 Å². The van der Waals surface area contributed by atoms with Gasteiger partial charge in [-0.25, -0.2) is 4.39 Å². The molecule has 1 amide bonds. The molecular formula is C8H6BrClFNO. The van der Waals surface area contributed by atoms with Gasteiger partial charge in [0.25, 0.3) is 0 Å². The van der Waals surface area contributed by atoms with Crippen LogP contribution >= 0.6 is 27.5 Å². The van der Waals surface area contributed by atoms with E-state index in [-0.39, 0.29) is 10.9 Å². The molecule has 0 saturated heterocycles. The molecule has 0 atom stereocenters. The quantitative estimate of drug-likeness (QED) is 0.777. The third-order valence-corrected chi connectivity index (χ3v) is 2.27. The van der Waals surface area contributed by atoms with Crippen molar-refractivity contribution < 1.29 is 9.18 Å². The van der Waals surface area contributed by atoms with Crippen LogP contribution in [0.5, 0.6) is 0 Å². The molecule has 0 aliphatic heterocycles. The Labute approximate surface area is 88.2 Å². The smallest absolute Gasteiger partial charge is 0.221 e. The van der Waals surface area contributed by atoms with Gasteiger partial charge in [-0.15, -0.1) is 0 Å². The Hall–Kier alpha value is -0.610. The molecule has 70 valence electrons. The maximum absolute atomic E-state index is 12.8. The minimum atomic E-state index is -0.525. The second-order valence-electron chi connectivity index (χ2n) is 2.43. The molecule has 0 spiro atoms. The normalized spacial score (nSPS) is 9.85. The van der Waals surface area contributed by atoms with Gasteiger partial charge in [-0.1, -0.05) is 11.6 Å². The summed E-state index contributed by atoms with van der Waals surface area (Å²) in [5.41, 5.74) is 0.457. The average Bonchev–Trinajstić information content (AvgIpc) is 1.99. The third kappa shape index (κ3) is 2.67. The molecule has 0 aromatic heterocycles. The Kier molecular flexibility index (Phi) is 3.27. The van der Waals surface area contributed by atoms with Crippen molar-refractivity contribution in [2.45, 2.75) is 6.92 Å². The number of amides is 1. The summed E-state index contributed by atoms with van der Waals surface area (Å²) < 4.78 is 13.3. The van der Waals surface area contributed by atoms with Crippen LogP contribution in [0.1, 0.15) is 6.92 Å². The summed E-state index contributed by atoms with van der Waals surface area (Å²) in [6.45, 7) is 1.36. The fourth-order valence-electron chi connectivity index (χ4n) is 0.808. The van der Waals surface area contributed by atoms with E-state index < -0.39 is 5.82 Å². The molecule has 0 aliphatic carbocycles. The summed E-state index contributed by atoms with van der Waals surface area (Å²) in [5, 5.41) is 2.48. The third-order valence-electron chi connectivity index (χ3n) is 1.32. The lowest BCUT2D eigenvalue weighted by Gasteiger charge is -2.05. The zero-order valence-electron chi connectivity index (χ0n) is 6.70. The van der Waals surface area contributed by atoms with E-state index in [1.807, 2.05) is 0 Å². The molecule has 0 saturated carbocycles. The van der Waals surface area contributed by atoms with E-state index in [9.17, 15) is 9.18 Å². The lowest BCUT2D eigenvalue weighted by Crippen LogP contribution is -2.06. The molecule has 1 aromatic carbocycles. The molecule has 0 heterocycles. The summed E-state index contributed by atoms with van der Waals surface area (Å²) in [7, 11) is 0. The highest BCUT2D eigenvalue weighted by Crippen LogP contribution is 2.28. The monoisotopic (exact) mass is 265 g/mol. The van der Waals surface area contributed by atoms with Crippen LogP contribution in [0.3, 0.4) is 0 Å². The van der Waals surface area contributed by atoms with E-state index in [1.165, 1.54) is 19.1 Å². The van der Waals surface area contributed by atoms with E-state index in [2.05, 4.69) is 21.2 Å². The van der Waals surface area contributed by atoms with Gasteiger partial charge in [-0.3, -0.25) is 4.79 Å². The highest BCUT2D eigenvalue weighted by molar-refractivity contribution is 9.10. The van der Waals surface area contributed by atoms with E-state index in [0.29, 0.717) is 10.2 Å². The first-order valence-electron chi connectivity index (χ1n) is 3.43. The first-order chi connectivity index (χ1) is 6.00. The average molecular weight is 266 g/mol. The largest absolute Gasteiger partial charge is 0.325 e. The van der Waals surface area contributed by atoms with Crippen molar-refractivity contribution in [3.63, 3.8) is 0 Å². The number of carbonyl (C=O) groups excluding carboxylic acids is 1. The molecule has 0 unspecified atom stereocenters. The predicted octanol–water partition coefficient (Wildman–Crippen LogP) is 3.20. The maximum atomic E-state index is 12.8. The van der Waals surface area contributed by atoms with Crippen LogP contribution in [0.15, 0.2) is 16.6 Å². The Balaban J connectivity index is 3.08. The molecule has 1 rings (SSSR count). The molecule has 13 heavy (non-hydrogen) atoms. The van der Waals surface area contributed by atoms with E-state index in [4.69, 9.17) is 11.6 Å². The topological polar surface area (TPSA) is 29.1 Å². The minimum absolute atomic E-state index is 0.0213. The number of benzene rings is 1. The highest BCUT2D eigenvalue weighted by Gasteiger charge is 2.07. The van der Waals surface area contributed by atoms with Crippen molar-refractivity contribution in [3.05, 3.63) is 27.4 Å². The fourth-order valence-corrected chi connectivity index (χ4v) is 1.39. The summed E-state index contributed by atoms with van der Waals surface area (Å²) in [6.07, 6.45) is 0. The number of nitrogens with one attached hydrogen (secondary N) is 1. The van der Waals surface area contributed by atoms with Crippen molar-refractivity contribution >= 4 is 39.1 Å². The van der Waals surface area contributed by atoms with Crippen molar-refractivity contribution in [3.8, 4) is 0 Å². The van der Waals surface area contributed by atoms with Crippen LogP contribution in [-0.4, -0.2) is 5.91 Å². The van der Waals surface area contributed by atoms with Crippen LogP contribution < -0.4 is 5.32 Å². The molecular weight excluding hydrogens is 260 g/mol. The van der Waals surface area contributed by atoms with Crippen molar-refractivity contribution in [1.82, 2.24) is 0 Å². The minimum Gasteiger partial charge on any atom is -0.325 e. The van der Waals surface area contributed by atoms with Crippen LogP contribution in [0.4, 0.5) is 10.1 Å². The number of hydrogen-bond donors (Lipinski definition) is 1. The molecule has 0 radical (unpaired) electrons. The van der Waals surface area contributed by atoms with Crippen LogP contribution in [0, 0.1) is 5.82 Å². The van der Waals surface area contributed by atoms with Crippen LogP contribution in [0.25, 0.3) is 0 Å². The van der Waals surface area contributed by atoms with Gasteiger partial charge < -0.3 is 5.32 Å². The Morgan fingerprint density at radius 3 is 2.77 bits per heavy atom. The number of rotatable bonds is 1.